The summed E-state index contributed by atoms with van der Waals surface area (Å²) in [5.41, 5.74) is 9.15. The Hall–Kier alpha value is -2.05. The number of hydrogen-bond acceptors (Lipinski definition) is 4. The second kappa shape index (κ2) is 12.3. The van der Waals surface area contributed by atoms with Gasteiger partial charge in [-0.15, -0.1) is 37.1 Å². The lowest BCUT2D eigenvalue weighted by molar-refractivity contribution is -0.274. The number of alkyl halides is 3. The van der Waals surface area contributed by atoms with Gasteiger partial charge in [-0.2, -0.15) is 0 Å². The van der Waals surface area contributed by atoms with Gasteiger partial charge >= 0.3 is 6.36 Å². The van der Waals surface area contributed by atoms with E-state index in [1.54, 1.807) is 0 Å². The summed E-state index contributed by atoms with van der Waals surface area (Å²) in [5.74, 6) is 0.0127. The maximum atomic E-state index is 12.2. The third-order valence-electron chi connectivity index (χ3n) is 5.01. The zero-order valence-corrected chi connectivity index (χ0v) is 20.1. The van der Waals surface area contributed by atoms with Crippen molar-refractivity contribution in [3.8, 4) is 5.75 Å². The van der Waals surface area contributed by atoms with Crippen molar-refractivity contribution in [2.45, 2.75) is 25.9 Å². The summed E-state index contributed by atoms with van der Waals surface area (Å²) >= 11 is 0. The summed E-state index contributed by atoms with van der Waals surface area (Å²) in [6.07, 6.45) is -4.71. The minimum Gasteiger partial charge on any atom is -0.406 e. The highest BCUT2D eigenvalue weighted by atomic mass is 127. The Morgan fingerprint density at radius 3 is 2.34 bits per heavy atom. The number of benzene rings is 2. The molecule has 1 unspecified atom stereocenters. The molecule has 2 aromatic rings. The van der Waals surface area contributed by atoms with Crippen LogP contribution >= 0.6 is 24.0 Å². The number of morpholine rings is 1. The molecule has 0 spiro atoms. The lowest BCUT2D eigenvalue weighted by Gasteiger charge is -2.35. The van der Waals surface area contributed by atoms with Gasteiger partial charge in [0.15, 0.2) is 5.96 Å². The zero-order chi connectivity index (χ0) is 22.3. The predicted molar refractivity (Wildman–Crippen MR) is 128 cm³/mol. The van der Waals surface area contributed by atoms with Gasteiger partial charge in [0.2, 0.25) is 0 Å². The molecule has 1 aliphatic rings. The first-order valence-corrected chi connectivity index (χ1v) is 10.1. The molecule has 1 aliphatic heterocycles. The molecule has 0 bridgehead atoms. The molecule has 1 fully saturated rings. The van der Waals surface area contributed by atoms with Crippen molar-refractivity contribution in [1.82, 2.24) is 10.2 Å². The molecular weight excluding hydrogens is 536 g/mol. The molecule has 1 heterocycles. The minimum absolute atomic E-state index is 0. The number of nitrogens with two attached hydrogens (primary N) is 1. The van der Waals surface area contributed by atoms with Crippen LogP contribution < -0.4 is 15.8 Å². The third-order valence-corrected chi connectivity index (χ3v) is 5.01. The van der Waals surface area contributed by atoms with Crippen LogP contribution in [0.1, 0.15) is 22.7 Å². The van der Waals surface area contributed by atoms with E-state index in [-0.39, 0.29) is 48.3 Å². The number of halogens is 4. The van der Waals surface area contributed by atoms with Gasteiger partial charge in [0, 0.05) is 19.6 Å². The highest BCUT2D eigenvalue weighted by molar-refractivity contribution is 14.0. The van der Waals surface area contributed by atoms with Crippen LogP contribution in [0.2, 0.25) is 0 Å². The number of hydrogen-bond donors (Lipinski definition) is 2. The van der Waals surface area contributed by atoms with E-state index in [4.69, 9.17) is 10.5 Å². The van der Waals surface area contributed by atoms with E-state index in [1.165, 1.54) is 35.4 Å². The van der Waals surface area contributed by atoms with Crippen LogP contribution in [0.4, 0.5) is 13.2 Å². The van der Waals surface area contributed by atoms with Gasteiger partial charge in [-0.3, -0.25) is 4.90 Å². The molecule has 2 aromatic carbocycles. The lowest BCUT2D eigenvalue weighted by Crippen LogP contribution is -2.45. The molecule has 0 aromatic heterocycles. The molecule has 176 valence electrons. The summed E-state index contributed by atoms with van der Waals surface area (Å²) in [4.78, 5) is 6.66. The van der Waals surface area contributed by atoms with Gasteiger partial charge in [-0.1, -0.05) is 42.0 Å². The fourth-order valence-electron chi connectivity index (χ4n) is 3.37. The summed E-state index contributed by atoms with van der Waals surface area (Å²) in [5, 5.41) is 3.18. The Kier molecular flexibility index (Phi) is 10.0. The standard InChI is InChI=1S/C22H27F3N4O2.HI/c1-16-2-6-18(7-3-16)20(29-10-12-30-13-11-29)15-28-21(26)27-14-17-4-8-19(9-5-17)31-22(23,24)25;/h2-9,20H,10-15H2,1H3,(H3,26,27,28);1H. The fraction of sp³-hybridized carbons (Fsp3) is 0.409. The number of rotatable bonds is 7. The highest BCUT2D eigenvalue weighted by Crippen LogP contribution is 2.23. The molecule has 1 atom stereocenters. The fourth-order valence-corrected chi connectivity index (χ4v) is 3.37. The van der Waals surface area contributed by atoms with E-state index < -0.39 is 6.36 Å². The highest BCUT2D eigenvalue weighted by Gasteiger charge is 2.31. The number of nitrogens with one attached hydrogen (secondary N) is 1. The lowest BCUT2D eigenvalue weighted by atomic mass is 10.0. The molecule has 0 amide bonds. The molecule has 1 saturated heterocycles. The van der Waals surface area contributed by atoms with Crippen molar-refractivity contribution >= 4 is 29.9 Å². The first kappa shape index (κ1) is 26.2. The van der Waals surface area contributed by atoms with Crippen LogP contribution in [-0.4, -0.2) is 50.1 Å². The van der Waals surface area contributed by atoms with Crippen LogP contribution in [0.15, 0.2) is 53.5 Å². The molecular formula is C22H28F3IN4O2. The molecule has 3 rings (SSSR count). The Morgan fingerprint density at radius 1 is 1.12 bits per heavy atom. The summed E-state index contributed by atoms with van der Waals surface area (Å²) < 4.78 is 46.1. The van der Waals surface area contributed by atoms with E-state index in [0.717, 1.165) is 18.7 Å². The van der Waals surface area contributed by atoms with Crippen molar-refractivity contribution in [3.63, 3.8) is 0 Å². The Balaban J connectivity index is 0.00000363. The van der Waals surface area contributed by atoms with Crippen LogP contribution in [0.25, 0.3) is 0 Å². The third kappa shape index (κ3) is 8.47. The first-order chi connectivity index (χ1) is 14.8. The van der Waals surface area contributed by atoms with E-state index in [0.29, 0.717) is 19.8 Å². The zero-order valence-electron chi connectivity index (χ0n) is 17.8. The predicted octanol–water partition coefficient (Wildman–Crippen LogP) is 3.99. The van der Waals surface area contributed by atoms with Crippen molar-refractivity contribution < 1.29 is 22.6 Å². The van der Waals surface area contributed by atoms with Crippen LogP contribution in [0.3, 0.4) is 0 Å². The molecule has 3 N–H and O–H groups in total. The largest absolute Gasteiger partial charge is 0.573 e. The minimum atomic E-state index is -4.71. The average molecular weight is 564 g/mol. The number of nitrogens with zero attached hydrogens (tertiary/aromatic N) is 2. The Labute approximate surface area is 203 Å². The SMILES string of the molecule is Cc1ccc(C(CNC(N)=NCc2ccc(OC(F)(F)F)cc2)N2CCOCC2)cc1.I. The molecule has 0 radical (unpaired) electrons. The Bertz CT molecular complexity index is 855. The van der Waals surface area contributed by atoms with E-state index >= 15 is 0 Å². The normalized spacial score (nSPS) is 16.2. The van der Waals surface area contributed by atoms with Crippen molar-refractivity contribution in [1.29, 1.82) is 0 Å². The van der Waals surface area contributed by atoms with E-state index in [2.05, 4.69) is 51.1 Å². The van der Waals surface area contributed by atoms with Gasteiger partial charge in [0.05, 0.1) is 25.8 Å². The van der Waals surface area contributed by atoms with Crippen LogP contribution in [0.5, 0.6) is 5.75 Å². The topological polar surface area (TPSA) is 72.1 Å². The number of aryl methyl sites for hydroxylation is 1. The molecule has 10 heteroatoms. The second-order valence-corrected chi connectivity index (χ2v) is 7.35. The average Bonchev–Trinajstić information content (AvgIpc) is 2.74. The number of ether oxygens (including phenoxy) is 2. The maximum Gasteiger partial charge on any atom is 0.573 e. The van der Waals surface area contributed by atoms with Crippen molar-refractivity contribution in [2.24, 2.45) is 10.7 Å². The molecule has 0 aliphatic carbocycles. The second-order valence-electron chi connectivity index (χ2n) is 7.35. The first-order valence-electron chi connectivity index (χ1n) is 10.1. The van der Waals surface area contributed by atoms with Gasteiger partial charge in [0.25, 0.3) is 0 Å². The molecule has 6 nitrogen and oxygen atoms in total. The van der Waals surface area contributed by atoms with Gasteiger partial charge in [-0.25, -0.2) is 4.99 Å². The number of guanidine groups is 1. The van der Waals surface area contributed by atoms with Gasteiger partial charge in [0.1, 0.15) is 5.75 Å². The smallest absolute Gasteiger partial charge is 0.406 e. The molecule has 0 saturated carbocycles. The van der Waals surface area contributed by atoms with Gasteiger partial charge in [-0.05, 0) is 30.2 Å². The van der Waals surface area contributed by atoms with Crippen LogP contribution in [-0.2, 0) is 11.3 Å². The summed E-state index contributed by atoms with van der Waals surface area (Å²) in [7, 11) is 0. The van der Waals surface area contributed by atoms with Crippen LogP contribution in [0, 0.1) is 6.92 Å². The maximum absolute atomic E-state index is 12.2. The summed E-state index contributed by atoms with van der Waals surface area (Å²) in [6, 6.07) is 14.1. The quantitative estimate of drug-likeness (QED) is 0.303. The number of aliphatic imine (C=N–C) groups is 1. The van der Waals surface area contributed by atoms with Crippen molar-refractivity contribution in [2.75, 3.05) is 32.8 Å². The van der Waals surface area contributed by atoms with E-state index in [9.17, 15) is 13.2 Å². The van der Waals surface area contributed by atoms with E-state index in [1.807, 2.05) is 0 Å². The summed E-state index contributed by atoms with van der Waals surface area (Å²) in [6.45, 7) is 5.94. The Morgan fingerprint density at radius 2 is 1.75 bits per heavy atom. The van der Waals surface area contributed by atoms with Gasteiger partial charge < -0.3 is 20.5 Å². The molecule has 32 heavy (non-hydrogen) atoms. The van der Waals surface area contributed by atoms with Crippen molar-refractivity contribution in [3.05, 3.63) is 65.2 Å². The monoisotopic (exact) mass is 564 g/mol.